The van der Waals surface area contributed by atoms with Gasteiger partial charge in [0.15, 0.2) is 5.82 Å². The lowest BCUT2D eigenvalue weighted by atomic mass is 10.2. The Morgan fingerprint density at radius 1 is 0.857 bits per heavy atom. The molecule has 1 N–H and O–H groups in total. The van der Waals surface area contributed by atoms with Crippen LogP contribution in [0.15, 0.2) is 71.5 Å². The molecule has 0 aliphatic heterocycles. The minimum atomic E-state index is 0.741. The van der Waals surface area contributed by atoms with Gasteiger partial charge in [0.2, 0.25) is 0 Å². The molecule has 0 fully saturated rings. The van der Waals surface area contributed by atoms with Gasteiger partial charge in [0.1, 0.15) is 0 Å². The fourth-order valence-corrected chi connectivity index (χ4v) is 2.23. The zero-order valence-corrected chi connectivity index (χ0v) is 12.9. The molecule has 104 valence electrons. The Hall–Kier alpha value is -2.20. The number of aromatic nitrogens is 2. The summed E-state index contributed by atoms with van der Waals surface area (Å²) >= 11 is 3.43. The van der Waals surface area contributed by atoms with E-state index in [0.29, 0.717) is 0 Å². The highest BCUT2D eigenvalue weighted by Gasteiger charge is 2.00. The van der Waals surface area contributed by atoms with Crippen LogP contribution in [-0.4, -0.2) is 9.97 Å². The van der Waals surface area contributed by atoms with Gasteiger partial charge in [-0.05, 0) is 17.7 Å². The maximum Gasteiger partial charge on any atom is 0.159 e. The standard InChI is InChI=1S/C17H14BrN3/c18-15-8-6-13(7-9-15)10-19-16-11-20-17(21-12-16)14-4-2-1-3-5-14/h1-9,11-12,19H,10H2. The summed E-state index contributed by atoms with van der Waals surface area (Å²) in [5.74, 6) is 0.741. The first kappa shape index (κ1) is 13.8. The molecule has 0 bridgehead atoms. The maximum atomic E-state index is 4.39. The summed E-state index contributed by atoms with van der Waals surface area (Å²) in [6.07, 6.45) is 3.63. The van der Waals surface area contributed by atoms with Crippen LogP contribution in [-0.2, 0) is 6.54 Å². The number of anilines is 1. The van der Waals surface area contributed by atoms with Gasteiger partial charge in [0, 0.05) is 16.6 Å². The molecule has 0 aliphatic rings. The van der Waals surface area contributed by atoms with Crippen LogP contribution in [0.2, 0.25) is 0 Å². The smallest absolute Gasteiger partial charge is 0.159 e. The Kier molecular flexibility index (Phi) is 4.26. The van der Waals surface area contributed by atoms with Crippen molar-refractivity contribution in [3.05, 3.63) is 77.0 Å². The molecule has 0 atom stereocenters. The molecule has 0 saturated carbocycles. The summed E-state index contributed by atoms with van der Waals surface area (Å²) in [5, 5.41) is 3.32. The van der Waals surface area contributed by atoms with Crippen molar-refractivity contribution in [2.75, 3.05) is 5.32 Å². The van der Waals surface area contributed by atoms with Crippen molar-refractivity contribution in [1.29, 1.82) is 0 Å². The third-order valence-corrected chi connectivity index (χ3v) is 3.62. The topological polar surface area (TPSA) is 37.8 Å². The second kappa shape index (κ2) is 6.50. The number of nitrogens with one attached hydrogen (secondary N) is 1. The van der Waals surface area contributed by atoms with Gasteiger partial charge in [0.25, 0.3) is 0 Å². The molecule has 3 rings (SSSR count). The van der Waals surface area contributed by atoms with Crippen molar-refractivity contribution in [3.63, 3.8) is 0 Å². The van der Waals surface area contributed by atoms with E-state index in [1.54, 1.807) is 0 Å². The highest BCUT2D eigenvalue weighted by Crippen LogP contribution is 2.16. The fourth-order valence-electron chi connectivity index (χ4n) is 1.96. The monoisotopic (exact) mass is 339 g/mol. The number of rotatable bonds is 4. The lowest BCUT2D eigenvalue weighted by Crippen LogP contribution is -2.00. The van der Waals surface area contributed by atoms with Crippen molar-refractivity contribution < 1.29 is 0 Å². The first-order valence-electron chi connectivity index (χ1n) is 6.67. The largest absolute Gasteiger partial charge is 0.378 e. The first-order valence-corrected chi connectivity index (χ1v) is 7.46. The van der Waals surface area contributed by atoms with E-state index in [2.05, 4.69) is 43.3 Å². The Balaban J connectivity index is 1.66. The molecule has 0 amide bonds. The summed E-state index contributed by atoms with van der Waals surface area (Å²) in [7, 11) is 0. The molecule has 0 radical (unpaired) electrons. The van der Waals surface area contributed by atoms with Gasteiger partial charge in [-0.3, -0.25) is 0 Å². The molecule has 2 aromatic carbocycles. The zero-order chi connectivity index (χ0) is 14.5. The summed E-state index contributed by atoms with van der Waals surface area (Å²) in [6, 6.07) is 18.2. The average Bonchev–Trinajstić information content (AvgIpc) is 2.56. The molecule has 0 aliphatic carbocycles. The summed E-state index contributed by atoms with van der Waals surface area (Å²) in [4.78, 5) is 8.79. The van der Waals surface area contributed by atoms with Crippen LogP contribution in [0, 0.1) is 0 Å². The van der Waals surface area contributed by atoms with Crippen molar-refractivity contribution in [2.45, 2.75) is 6.54 Å². The first-order chi connectivity index (χ1) is 10.3. The van der Waals surface area contributed by atoms with Crippen molar-refractivity contribution in [3.8, 4) is 11.4 Å². The lowest BCUT2D eigenvalue weighted by Gasteiger charge is -2.07. The molecule has 3 nitrogen and oxygen atoms in total. The van der Waals surface area contributed by atoms with E-state index >= 15 is 0 Å². The van der Waals surface area contributed by atoms with Gasteiger partial charge >= 0.3 is 0 Å². The molecular formula is C17H14BrN3. The second-order valence-electron chi connectivity index (χ2n) is 4.64. The minimum Gasteiger partial charge on any atom is -0.378 e. The minimum absolute atomic E-state index is 0.741. The lowest BCUT2D eigenvalue weighted by molar-refractivity contribution is 1.10. The SMILES string of the molecule is Brc1ccc(CNc2cnc(-c3ccccc3)nc2)cc1. The molecule has 0 unspecified atom stereocenters. The maximum absolute atomic E-state index is 4.39. The second-order valence-corrected chi connectivity index (χ2v) is 5.56. The van der Waals surface area contributed by atoms with Crippen molar-refractivity contribution >= 4 is 21.6 Å². The van der Waals surface area contributed by atoms with Gasteiger partial charge in [-0.2, -0.15) is 0 Å². The Bertz CT molecular complexity index is 694. The quantitative estimate of drug-likeness (QED) is 0.759. The number of halogens is 1. The molecular weight excluding hydrogens is 326 g/mol. The van der Waals surface area contributed by atoms with E-state index in [1.165, 1.54) is 5.56 Å². The number of nitrogens with zero attached hydrogens (tertiary/aromatic N) is 2. The van der Waals surface area contributed by atoms with E-state index < -0.39 is 0 Å². The number of benzene rings is 2. The van der Waals surface area contributed by atoms with Crippen LogP contribution in [0.1, 0.15) is 5.56 Å². The predicted molar refractivity (Wildman–Crippen MR) is 88.9 cm³/mol. The van der Waals surface area contributed by atoms with E-state index in [-0.39, 0.29) is 0 Å². The van der Waals surface area contributed by atoms with E-state index in [1.807, 2.05) is 54.9 Å². The molecule has 3 aromatic rings. The zero-order valence-electron chi connectivity index (χ0n) is 11.3. The summed E-state index contributed by atoms with van der Waals surface area (Å²) in [6.45, 7) is 0.751. The van der Waals surface area contributed by atoms with Crippen molar-refractivity contribution in [1.82, 2.24) is 9.97 Å². The summed E-state index contributed by atoms with van der Waals surface area (Å²) < 4.78 is 1.08. The Morgan fingerprint density at radius 3 is 2.19 bits per heavy atom. The van der Waals surface area contributed by atoms with Gasteiger partial charge in [0.05, 0.1) is 18.1 Å². The fraction of sp³-hybridized carbons (Fsp3) is 0.0588. The van der Waals surface area contributed by atoms with Crippen LogP contribution in [0.3, 0.4) is 0 Å². The van der Waals surface area contributed by atoms with Gasteiger partial charge in [-0.15, -0.1) is 0 Å². The number of hydrogen-bond donors (Lipinski definition) is 1. The average molecular weight is 340 g/mol. The molecule has 4 heteroatoms. The van der Waals surface area contributed by atoms with Crippen LogP contribution >= 0.6 is 15.9 Å². The van der Waals surface area contributed by atoms with E-state index in [0.717, 1.165) is 28.1 Å². The summed E-state index contributed by atoms with van der Waals surface area (Å²) in [5.41, 5.74) is 3.15. The van der Waals surface area contributed by atoms with Crippen LogP contribution in [0.4, 0.5) is 5.69 Å². The number of hydrogen-bond acceptors (Lipinski definition) is 3. The Morgan fingerprint density at radius 2 is 1.52 bits per heavy atom. The van der Waals surface area contributed by atoms with Crippen LogP contribution < -0.4 is 5.32 Å². The molecule has 0 saturated heterocycles. The molecule has 21 heavy (non-hydrogen) atoms. The normalized spacial score (nSPS) is 10.3. The highest BCUT2D eigenvalue weighted by atomic mass is 79.9. The highest BCUT2D eigenvalue weighted by molar-refractivity contribution is 9.10. The molecule has 0 spiro atoms. The van der Waals surface area contributed by atoms with Crippen LogP contribution in [0.5, 0.6) is 0 Å². The van der Waals surface area contributed by atoms with Crippen molar-refractivity contribution in [2.24, 2.45) is 0 Å². The molecule has 1 heterocycles. The molecule has 1 aromatic heterocycles. The third kappa shape index (κ3) is 3.67. The predicted octanol–water partition coefficient (Wildman–Crippen LogP) is 4.52. The van der Waals surface area contributed by atoms with Crippen LogP contribution in [0.25, 0.3) is 11.4 Å². The Labute approximate surface area is 132 Å². The third-order valence-electron chi connectivity index (χ3n) is 3.09. The van der Waals surface area contributed by atoms with E-state index in [4.69, 9.17) is 0 Å². The van der Waals surface area contributed by atoms with Gasteiger partial charge in [-0.1, -0.05) is 58.4 Å². The van der Waals surface area contributed by atoms with Gasteiger partial charge < -0.3 is 5.32 Å². The van der Waals surface area contributed by atoms with Gasteiger partial charge in [-0.25, -0.2) is 9.97 Å². The van der Waals surface area contributed by atoms with E-state index in [9.17, 15) is 0 Å².